The molecule has 0 unspecified atom stereocenters. The summed E-state index contributed by atoms with van der Waals surface area (Å²) in [4.78, 5) is 82.3. The Morgan fingerprint density at radius 2 is 1.34 bits per heavy atom. The Morgan fingerprint density at radius 3 is 1.88 bits per heavy atom. The molecule has 7 rings (SSSR count). The lowest BCUT2D eigenvalue weighted by molar-refractivity contribution is -0.108. The van der Waals surface area contributed by atoms with Gasteiger partial charge in [-0.25, -0.2) is 4.79 Å². The van der Waals surface area contributed by atoms with Crippen LogP contribution in [0.3, 0.4) is 0 Å². The van der Waals surface area contributed by atoms with Gasteiger partial charge in [0.25, 0.3) is 22.9 Å². The summed E-state index contributed by atoms with van der Waals surface area (Å²) in [6.07, 6.45) is 3.38. The van der Waals surface area contributed by atoms with E-state index in [2.05, 4.69) is 20.5 Å². The lowest BCUT2D eigenvalue weighted by Crippen LogP contribution is -2.49. The maximum Gasteiger partial charge on any atom is 0.410 e. The molecule has 1 fully saturated rings. The Hall–Kier alpha value is -6.95. The standard InChI is InChI=1S/C32H41N5O7.C14H14N2O4/c1-32(2,3)44-31(40)37(20-21-16-27-28(19-34-21)43-15-14-42-27)22-8-10-35(11-9-22)12-13-36-26-17-23(41-5)6-7-24(26)25(18-29(36)38)30(39)33-4;1-15-14(19)11-8-13(18)16(5-6-17)12-7-9(20-2)3-4-10(11)12/h6-7,16-19,22H,8-15,20H2,1-5H3,(H,33,39);3-4,6-8H,5H2,1-2H3,(H,15,19). The number of carbonyl (C=O) groups is 4. The van der Waals surface area contributed by atoms with Gasteiger partial charge >= 0.3 is 6.09 Å². The SMILES string of the molecule is CNC(=O)c1cc(=O)n(CC=O)c2cc(OC)ccc12.CNC(=O)c1cc(=O)n(CCN2CCC(N(Cc3cc4c(cn3)OCCO4)C(=O)OC(C)(C)C)CC2)c2cc(OC)ccc12. The second kappa shape index (κ2) is 20.5. The molecular formula is C46H55N7O11. The molecule has 18 heteroatoms. The number of hydrogen-bond acceptors (Lipinski definition) is 13. The van der Waals surface area contributed by atoms with Crippen LogP contribution in [0.25, 0.3) is 21.8 Å². The highest BCUT2D eigenvalue weighted by atomic mass is 16.6. The molecule has 3 amide bonds. The van der Waals surface area contributed by atoms with Crippen molar-refractivity contribution in [3.63, 3.8) is 0 Å². The quantitative estimate of drug-likeness (QED) is 0.171. The van der Waals surface area contributed by atoms with Crippen LogP contribution in [0, 0.1) is 0 Å². The maximum absolute atomic E-state index is 13.4. The molecule has 2 aliphatic rings. The summed E-state index contributed by atoms with van der Waals surface area (Å²) in [5.74, 6) is 1.72. The highest BCUT2D eigenvalue weighted by Crippen LogP contribution is 2.31. The van der Waals surface area contributed by atoms with Crippen LogP contribution in [0.1, 0.15) is 60.0 Å². The van der Waals surface area contributed by atoms with Gasteiger partial charge in [-0.2, -0.15) is 0 Å². The van der Waals surface area contributed by atoms with Crippen molar-refractivity contribution in [2.75, 3.05) is 61.2 Å². The number of ether oxygens (including phenoxy) is 5. The number of hydrogen-bond donors (Lipinski definition) is 2. The zero-order chi connectivity index (χ0) is 46.1. The zero-order valence-corrected chi connectivity index (χ0v) is 37.2. The van der Waals surface area contributed by atoms with E-state index in [9.17, 15) is 28.8 Å². The molecule has 2 aromatic carbocycles. The van der Waals surface area contributed by atoms with Gasteiger partial charge in [0.15, 0.2) is 11.5 Å². The van der Waals surface area contributed by atoms with Crippen molar-refractivity contribution >= 4 is 46.0 Å². The van der Waals surface area contributed by atoms with Crippen LogP contribution >= 0.6 is 0 Å². The summed E-state index contributed by atoms with van der Waals surface area (Å²) >= 11 is 0. The fourth-order valence-corrected chi connectivity index (χ4v) is 7.72. The third-order valence-electron chi connectivity index (χ3n) is 10.9. The monoisotopic (exact) mass is 881 g/mol. The predicted octanol–water partition coefficient (Wildman–Crippen LogP) is 4.01. The van der Waals surface area contributed by atoms with Crippen molar-refractivity contribution < 1.29 is 42.9 Å². The van der Waals surface area contributed by atoms with Gasteiger partial charge in [0.1, 0.15) is 36.6 Å². The van der Waals surface area contributed by atoms with E-state index in [0.29, 0.717) is 88.7 Å². The third-order valence-corrected chi connectivity index (χ3v) is 10.9. The minimum atomic E-state index is -0.637. The van der Waals surface area contributed by atoms with Crippen LogP contribution in [0.4, 0.5) is 4.79 Å². The van der Waals surface area contributed by atoms with Crippen molar-refractivity contribution in [2.24, 2.45) is 0 Å². The van der Waals surface area contributed by atoms with E-state index < -0.39 is 11.2 Å². The normalized spacial score (nSPS) is 13.9. The van der Waals surface area contributed by atoms with E-state index in [1.807, 2.05) is 32.9 Å². The Balaban J connectivity index is 0.000000284. The molecule has 1 saturated heterocycles. The molecule has 0 aliphatic carbocycles. The van der Waals surface area contributed by atoms with Crippen LogP contribution in [-0.4, -0.2) is 121 Å². The van der Waals surface area contributed by atoms with Gasteiger partial charge in [-0.3, -0.25) is 29.1 Å². The van der Waals surface area contributed by atoms with Crippen LogP contribution in [0.15, 0.2) is 70.4 Å². The second-order valence-electron chi connectivity index (χ2n) is 16.1. The number of nitrogens with one attached hydrogen (secondary N) is 2. The summed E-state index contributed by atoms with van der Waals surface area (Å²) in [6, 6.07) is 14.8. The first-order chi connectivity index (χ1) is 30.7. The van der Waals surface area contributed by atoms with Gasteiger partial charge in [-0.15, -0.1) is 0 Å². The van der Waals surface area contributed by atoms with Crippen molar-refractivity contribution in [2.45, 2.75) is 64.9 Å². The number of rotatable bonds is 12. The average Bonchev–Trinajstić information content (AvgIpc) is 3.29. The largest absolute Gasteiger partial charge is 0.497 e. The molecule has 2 N–H and O–H groups in total. The van der Waals surface area contributed by atoms with E-state index in [-0.39, 0.29) is 48.2 Å². The number of benzene rings is 2. The lowest BCUT2D eigenvalue weighted by atomic mass is 10.0. The molecule has 340 valence electrons. The van der Waals surface area contributed by atoms with Crippen LogP contribution in [0.5, 0.6) is 23.0 Å². The Labute approximate surface area is 370 Å². The summed E-state index contributed by atoms with van der Waals surface area (Å²) in [7, 11) is 6.12. The number of amides is 3. The predicted molar refractivity (Wildman–Crippen MR) is 239 cm³/mol. The van der Waals surface area contributed by atoms with Gasteiger partial charge in [-0.05, 0) is 57.9 Å². The number of likely N-dealkylation sites (tertiary alicyclic amines) is 1. The van der Waals surface area contributed by atoms with Gasteiger partial charge in [0, 0.05) is 87.4 Å². The Morgan fingerprint density at radius 1 is 0.797 bits per heavy atom. The average molecular weight is 882 g/mol. The zero-order valence-electron chi connectivity index (χ0n) is 37.2. The van der Waals surface area contributed by atoms with Crippen molar-refractivity contribution in [3.8, 4) is 23.0 Å². The molecular weight excluding hydrogens is 827 g/mol. The molecule has 64 heavy (non-hydrogen) atoms. The number of nitrogens with zero attached hydrogens (tertiary/aromatic N) is 5. The van der Waals surface area contributed by atoms with Crippen LogP contribution in [-0.2, 0) is 29.2 Å². The van der Waals surface area contributed by atoms with Gasteiger partial charge in [-0.1, -0.05) is 0 Å². The van der Waals surface area contributed by atoms with Crippen molar-refractivity contribution in [3.05, 3.63) is 98.3 Å². The number of carbonyl (C=O) groups excluding carboxylic acids is 4. The molecule has 3 aromatic heterocycles. The fourth-order valence-electron chi connectivity index (χ4n) is 7.72. The molecule has 0 spiro atoms. The third kappa shape index (κ3) is 10.8. The maximum atomic E-state index is 13.4. The van der Waals surface area contributed by atoms with Crippen LogP contribution in [0.2, 0.25) is 0 Å². The van der Waals surface area contributed by atoms with E-state index >= 15 is 0 Å². The number of aromatic nitrogens is 3. The molecule has 0 bridgehead atoms. The summed E-state index contributed by atoms with van der Waals surface area (Å²) in [5, 5.41) is 6.38. The van der Waals surface area contributed by atoms with Gasteiger partial charge in [0.2, 0.25) is 0 Å². The Bertz CT molecular complexity index is 2650. The fraction of sp³-hybridized carbons (Fsp3) is 0.413. The van der Waals surface area contributed by atoms with E-state index in [4.69, 9.17) is 23.7 Å². The lowest BCUT2D eigenvalue weighted by Gasteiger charge is -2.39. The van der Waals surface area contributed by atoms with E-state index in [1.165, 1.54) is 30.9 Å². The number of methoxy groups -OCH3 is 2. The smallest absolute Gasteiger partial charge is 0.410 e. The molecule has 0 atom stereocenters. The highest BCUT2D eigenvalue weighted by molar-refractivity contribution is 6.07. The molecule has 5 heterocycles. The van der Waals surface area contributed by atoms with Gasteiger partial charge < -0.3 is 53.1 Å². The molecule has 5 aromatic rings. The van der Waals surface area contributed by atoms with Crippen molar-refractivity contribution in [1.82, 2.24) is 34.6 Å². The molecule has 2 aliphatic heterocycles. The van der Waals surface area contributed by atoms with E-state index in [1.54, 1.807) is 60.2 Å². The first-order valence-corrected chi connectivity index (χ1v) is 21.0. The number of fused-ring (bicyclic) bond motifs is 3. The number of piperidine rings is 1. The highest BCUT2D eigenvalue weighted by Gasteiger charge is 2.32. The molecule has 0 radical (unpaired) electrons. The van der Waals surface area contributed by atoms with Gasteiger partial charge in [0.05, 0.1) is 61.4 Å². The molecule has 0 saturated carbocycles. The first-order valence-electron chi connectivity index (χ1n) is 21.0. The summed E-state index contributed by atoms with van der Waals surface area (Å²) < 4.78 is 30.6. The minimum Gasteiger partial charge on any atom is -0.497 e. The summed E-state index contributed by atoms with van der Waals surface area (Å²) in [5.41, 5.74) is 1.15. The minimum absolute atomic E-state index is 0.0456. The first kappa shape index (κ1) is 46.6. The molecule has 18 nitrogen and oxygen atoms in total. The number of pyridine rings is 3. The number of aldehydes is 1. The van der Waals surface area contributed by atoms with E-state index in [0.717, 1.165) is 25.9 Å². The second-order valence-corrected chi connectivity index (χ2v) is 16.1. The topological polar surface area (TPSA) is 202 Å². The van der Waals surface area contributed by atoms with Crippen molar-refractivity contribution in [1.29, 1.82) is 0 Å². The van der Waals surface area contributed by atoms with Crippen LogP contribution < -0.4 is 40.7 Å². The Kier molecular flexibility index (Phi) is 14.9. The summed E-state index contributed by atoms with van der Waals surface area (Å²) in [6.45, 7) is 9.30.